The Morgan fingerprint density at radius 1 is 1.00 bits per heavy atom. The Morgan fingerprint density at radius 3 is 2.32 bits per heavy atom. The van der Waals surface area contributed by atoms with Crippen LogP contribution in [0, 0.1) is 6.92 Å². The predicted molar refractivity (Wildman–Crippen MR) is 119 cm³/mol. The van der Waals surface area contributed by atoms with E-state index >= 15 is 0 Å². The minimum absolute atomic E-state index is 0.475. The number of aromatic nitrogens is 1. The summed E-state index contributed by atoms with van der Waals surface area (Å²) in [4.78, 5) is 0. The predicted octanol–water partition coefficient (Wildman–Crippen LogP) is 2.73. The number of aliphatic hydroxyl groups is 4. The molecule has 166 valence electrons. The lowest BCUT2D eigenvalue weighted by Gasteiger charge is -2.40. The van der Waals surface area contributed by atoms with E-state index in [0.29, 0.717) is 11.4 Å². The number of aliphatic hydroxyl groups excluding tert-OH is 4. The Labute approximate surface area is 186 Å². The minimum atomic E-state index is -1.45. The van der Waals surface area contributed by atoms with Crippen molar-refractivity contribution in [3.05, 3.63) is 69.9 Å². The zero-order valence-corrected chi connectivity index (χ0v) is 18.3. The number of aryl methyl sites for hydroxylation is 2. The molecule has 6 nitrogen and oxygen atoms in total. The lowest BCUT2D eigenvalue weighted by molar-refractivity contribution is -0.250. The summed E-state index contributed by atoms with van der Waals surface area (Å²) in [6, 6.07) is 12.3. The molecule has 0 unspecified atom stereocenters. The summed E-state index contributed by atoms with van der Waals surface area (Å²) in [5.74, 6) is 0. The van der Waals surface area contributed by atoms with Crippen LogP contribution < -0.4 is 0 Å². The number of rotatable bonds is 5. The van der Waals surface area contributed by atoms with Crippen molar-refractivity contribution >= 4 is 22.5 Å². The van der Waals surface area contributed by atoms with Crippen LogP contribution in [0.15, 0.2) is 42.6 Å². The Hall–Kier alpha value is -1.93. The molecule has 5 atom stereocenters. The first-order valence-electron chi connectivity index (χ1n) is 10.5. The molecular weight excluding hydrogens is 418 g/mol. The molecule has 0 spiro atoms. The molecule has 0 amide bonds. The van der Waals surface area contributed by atoms with Crippen molar-refractivity contribution in [1.82, 2.24) is 4.57 Å². The first kappa shape index (κ1) is 22.3. The summed E-state index contributed by atoms with van der Waals surface area (Å²) < 4.78 is 7.55. The summed E-state index contributed by atoms with van der Waals surface area (Å²) in [6.45, 7) is 3.57. The summed E-state index contributed by atoms with van der Waals surface area (Å²) >= 11 is 6.63. The van der Waals surface area contributed by atoms with E-state index in [0.717, 1.165) is 34.0 Å². The molecule has 1 fully saturated rings. The number of hydrogen-bond donors (Lipinski definition) is 4. The topological polar surface area (TPSA) is 95.1 Å². The van der Waals surface area contributed by atoms with E-state index < -0.39 is 37.3 Å². The van der Waals surface area contributed by atoms with Crippen LogP contribution in [0.25, 0.3) is 10.9 Å². The molecule has 2 heterocycles. The van der Waals surface area contributed by atoms with Crippen molar-refractivity contribution in [2.75, 3.05) is 6.61 Å². The third kappa shape index (κ3) is 4.12. The fourth-order valence-electron chi connectivity index (χ4n) is 4.32. The van der Waals surface area contributed by atoms with E-state index in [1.165, 1.54) is 5.56 Å². The van der Waals surface area contributed by atoms with E-state index in [2.05, 4.69) is 31.2 Å². The highest BCUT2D eigenvalue weighted by atomic mass is 35.5. The van der Waals surface area contributed by atoms with Crippen LogP contribution >= 0.6 is 11.6 Å². The molecule has 0 saturated carbocycles. The fourth-order valence-corrected chi connectivity index (χ4v) is 4.71. The van der Waals surface area contributed by atoms with Crippen molar-refractivity contribution in [2.24, 2.45) is 0 Å². The lowest BCUT2D eigenvalue weighted by Crippen LogP contribution is -2.56. The first-order chi connectivity index (χ1) is 14.8. The molecule has 1 aliphatic heterocycles. The highest BCUT2D eigenvalue weighted by Crippen LogP contribution is 2.37. The van der Waals surface area contributed by atoms with Gasteiger partial charge in [0.25, 0.3) is 0 Å². The number of benzene rings is 2. The molecule has 3 aromatic rings. The molecule has 1 aromatic heterocycles. The van der Waals surface area contributed by atoms with Crippen LogP contribution in [0.3, 0.4) is 0 Å². The Morgan fingerprint density at radius 2 is 1.68 bits per heavy atom. The zero-order chi connectivity index (χ0) is 22.3. The molecule has 1 aliphatic rings. The van der Waals surface area contributed by atoms with Crippen LogP contribution in [0.4, 0.5) is 0 Å². The van der Waals surface area contributed by atoms with Gasteiger partial charge in [-0.05, 0) is 54.2 Å². The standard InChI is InChI=1S/C24H28ClNO5/c1-3-14-4-6-15(7-5-14)10-16-11-26(18-9-13(2)8-17(25)20(16)18)24-23(30)22(29)21(28)19(12-27)31-24/h4-9,11,19,21-24,27-30H,3,10,12H2,1-2H3/t19-,21-,22+,23-,24-/m1/s1. The number of nitrogens with zero attached hydrogens (tertiary/aromatic N) is 1. The third-order valence-electron chi connectivity index (χ3n) is 6.07. The quantitative estimate of drug-likeness (QED) is 0.484. The normalized spacial score (nSPS) is 26.5. The van der Waals surface area contributed by atoms with E-state index in [1.807, 2.05) is 25.3 Å². The molecule has 7 heteroatoms. The van der Waals surface area contributed by atoms with Crippen molar-refractivity contribution in [3.63, 3.8) is 0 Å². The maximum Gasteiger partial charge on any atom is 0.163 e. The molecule has 4 N–H and O–H groups in total. The van der Waals surface area contributed by atoms with Crippen LogP contribution in [0.1, 0.15) is 35.4 Å². The Bertz CT molecular complexity index is 1060. The van der Waals surface area contributed by atoms with Gasteiger partial charge in [-0.2, -0.15) is 0 Å². The second-order valence-electron chi connectivity index (χ2n) is 8.27. The number of ether oxygens (including phenoxy) is 1. The van der Waals surface area contributed by atoms with Gasteiger partial charge in [-0.25, -0.2) is 0 Å². The molecule has 0 radical (unpaired) electrons. The number of hydrogen-bond acceptors (Lipinski definition) is 5. The molecule has 0 bridgehead atoms. The summed E-state index contributed by atoms with van der Waals surface area (Å²) in [5, 5.41) is 42.1. The van der Waals surface area contributed by atoms with Gasteiger partial charge in [0.2, 0.25) is 0 Å². The van der Waals surface area contributed by atoms with E-state index in [9.17, 15) is 20.4 Å². The average Bonchev–Trinajstić information content (AvgIpc) is 3.11. The fraction of sp³-hybridized carbons (Fsp3) is 0.417. The molecule has 0 aliphatic carbocycles. The van der Waals surface area contributed by atoms with Gasteiger partial charge in [-0.1, -0.05) is 42.8 Å². The van der Waals surface area contributed by atoms with Gasteiger partial charge in [0, 0.05) is 11.6 Å². The van der Waals surface area contributed by atoms with Gasteiger partial charge >= 0.3 is 0 Å². The van der Waals surface area contributed by atoms with Crippen LogP contribution in [-0.4, -0.2) is 56.0 Å². The zero-order valence-electron chi connectivity index (χ0n) is 17.6. The highest BCUT2D eigenvalue weighted by Gasteiger charge is 2.44. The van der Waals surface area contributed by atoms with Crippen molar-refractivity contribution < 1.29 is 25.2 Å². The van der Waals surface area contributed by atoms with Gasteiger partial charge in [-0.15, -0.1) is 0 Å². The average molecular weight is 446 g/mol. The minimum Gasteiger partial charge on any atom is -0.394 e. The smallest absolute Gasteiger partial charge is 0.163 e. The van der Waals surface area contributed by atoms with Crippen LogP contribution in [0.5, 0.6) is 0 Å². The number of fused-ring (bicyclic) bond motifs is 1. The van der Waals surface area contributed by atoms with Crippen molar-refractivity contribution in [3.8, 4) is 0 Å². The lowest BCUT2D eigenvalue weighted by atomic mass is 9.98. The second-order valence-corrected chi connectivity index (χ2v) is 8.68. The number of halogens is 1. The van der Waals surface area contributed by atoms with Gasteiger partial charge in [-0.3, -0.25) is 0 Å². The van der Waals surface area contributed by atoms with Gasteiger partial charge in [0.1, 0.15) is 24.4 Å². The summed E-state index contributed by atoms with van der Waals surface area (Å²) in [5.41, 5.74) is 5.05. The van der Waals surface area contributed by atoms with Gasteiger partial charge in [0.05, 0.1) is 17.1 Å². The van der Waals surface area contributed by atoms with Crippen molar-refractivity contribution in [1.29, 1.82) is 0 Å². The van der Waals surface area contributed by atoms with Crippen LogP contribution in [0.2, 0.25) is 5.02 Å². The molecule has 31 heavy (non-hydrogen) atoms. The van der Waals surface area contributed by atoms with Crippen molar-refractivity contribution in [2.45, 2.75) is 57.3 Å². The van der Waals surface area contributed by atoms with E-state index in [-0.39, 0.29) is 0 Å². The summed E-state index contributed by atoms with van der Waals surface area (Å²) in [6.07, 6.45) is -2.70. The van der Waals surface area contributed by atoms with Gasteiger partial charge < -0.3 is 29.7 Å². The maximum absolute atomic E-state index is 10.7. The third-order valence-corrected chi connectivity index (χ3v) is 6.37. The molecule has 4 rings (SSSR count). The van der Waals surface area contributed by atoms with E-state index in [4.69, 9.17) is 16.3 Å². The Balaban J connectivity index is 1.80. The van der Waals surface area contributed by atoms with Crippen LogP contribution in [-0.2, 0) is 17.6 Å². The highest BCUT2D eigenvalue weighted by molar-refractivity contribution is 6.35. The SMILES string of the molecule is CCc1ccc(Cc2cn([C@@H]3O[C@H](CO)[C@@H](O)[C@H](O)[C@H]3O)c3cc(C)cc(Cl)c23)cc1. The first-order valence-corrected chi connectivity index (χ1v) is 10.9. The Kier molecular flexibility index (Phi) is 6.40. The van der Waals surface area contributed by atoms with E-state index in [1.54, 1.807) is 4.57 Å². The largest absolute Gasteiger partial charge is 0.394 e. The van der Waals surface area contributed by atoms with Gasteiger partial charge in [0.15, 0.2) is 6.23 Å². The molecule has 2 aromatic carbocycles. The second kappa shape index (κ2) is 8.90. The monoisotopic (exact) mass is 445 g/mol. The summed E-state index contributed by atoms with van der Waals surface area (Å²) in [7, 11) is 0. The maximum atomic E-state index is 10.7. The molecular formula is C24H28ClNO5. The molecule has 1 saturated heterocycles.